The van der Waals surface area contributed by atoms with E-state index < -0.39 is 15.2 Å². The lowest BCUT2D eigenvalue weighted by atomic mass is 10.4. The van der Waals surface area contributed by atoms with Crippen LogP contribution in [-0.2, 0) is 10.0 Å². The summed E-state index contributed by atoms with van der Waals surface area (Å²) in [7, 11) is -3.26. The smallest absolute Gasteiger partial charge is 0.211 e. The Bertz CT molecular complexity index is 210. The Labute approximate surface area is 66.1 Å². The van der Waals surface area contributed by atoms with E-state index in [1.807, 2.05) is 0 Å². The van der Waals surface area contributed by atoms with Crippen molar-refractivity contribution in [1.82, 2.24) is 4.72 Å². The van der Waals surface area contributed by atoms with Gasteiger partial charge in [0.2, 0.25) is 10.0 Å². The highest BCUT2D eigenvalue weighted by molar-refractivity contribution is 7.90. The molecule has 0 amide bonds. The molecule has 3 nitrogen and oxygen atoms in total. The first-order chi connectivity index (χ1) is 4.48. The van der Waals surface area contributed by atoms with E-state index in [1.54, 1.807) is 6.92 Å². The van der Waals surface area contributed by atoms with Crippen LogP contribution >= 0.6 is 11.6 Å². The van der Waals surface area contributed by atoms with Crippen LogP contribution in [0.15, 0.2) is 12.2 Å². The minimum atomic E-state index is -3.26. The molecule has 0 aromatic carbocycles. The van der Waals surface area contributed by atoms with Gasteiger partial charge in [0, 0.05) is 6.54 Å². The Kier molecular flexibility index (Phi) is 3.93. The van der Waals surface area contributed by atoms with Crippen molar-refractivity contribution in [3.05, 3.63) is 12.2 Å². The normalized spacial score (nSPS) is 11.4. The third kappa shape index (κ3) is 4.78. The first kappa shape index (κ1) is 9.94. The lowest BCUT2D eigenvalue weighted by Gasteiger charge is -2.00. The largest absolute Gasteiger partial charge is 0.225 e. The van der Waals surface area contributed by atoms with Crippen molar-refractivity contribution in [1.29, 1.82) is 0 Å². The van der Waals surface area contributed by atoms with Gasteiger partial charge in [0.15, 0.2) is 0 Å². The number of hydrogen-bond donors (Lipinski definition) is 1. The first-order valence-electron chi connectivity index (χ1n) is 2.65. The van der Waals surface area contributed by atoms with Gasteiger partial charge in [0.25, 0.3) is 0 Å². The molecule has 0 heterocycles. The predicted molar refractivity (Wildman–Crippen MR) is 42.5 cm³/mol. The maximum absolute atomic E-state index is 10.6. The zero-order valence-corrected chi connectivity index (χ0v) is 7.30. The maximum atomic E-state index is 10.6. The van der Waals surface area contributed by atoms with Gasteiger partial charge in [-0.1, -0.05) is 12.2 Å². The number of halogens is 1. The monoisotopic (exact) mass is 183 g/mol. The molecule has 1 N–H and O–H groups in total. The van der Waals surface area contributed by atoms with Crippen LogP contribution in [0.2, 0.25) is 0 Å². The average molecular weight is 184 g/mol. The number of alkyl halides is 1. The molecule has 0 saturated carbocycles. The van der Waals surface area contributed by atoms with Crippen molar-refractivity contribution >= 4 is 21.6 Å². The minimum Gasteiger partial charge on any atom is -0.211 e. The van der Waals surface area contributed by atoms with Gasteiger partial charge in [-0.05, 0) is 6.92 Å². The van der Waals surface area contributed by atoms with Crippen molar-refractivity contribution in [2.75, 3.05) is 11.8 Å². The predicted octanol–water partition coefficient (Wildman–Crippen LogP) is 0.678. The quantitative estimate of drug-likeness (QED) is 0.515. The lowest BCUT2D eigenvalue weighted by molar-refractivity contribution is 0.589. The molecule has 5 heteroatoms. The van der Waals surface area contributed by atoms with Gasteiger partial charge in [-0.3, -0.25) is 0 Å². The van der Waals surface area contributed by atoms with Gasteiger partial charge in [-0.15, -0.1) is 11.6 Å². The summed E-state index contributed by atoms with van der Waals surface area (Å²) in [6.07, 6.45) is 0. The summed E-state index contributed by atoms with van der Waals surface area (Å²) in [5.41, 5.74) is 0.758. The Morgan fingerprint density at radius 2 is 2.20 bits per heavy atom. The molecule has 0 spiro atoms. The van der Waals surface area contributed by atoms with Crippen LogP contribution in [0.25, 0.3) is 0 Å². The van der Waals surface area contributed by atoms with Gasteiger partial charge < -0.3 is 0 Å². The average Bonchev–Trinajstić information content (AvgIpc) is 1.85. The molecule has 0 radical (unpaired) electrons. The third-order valence-electron chi connectivity index (χ3n) is 0.738. The summed E-state index contributed by atoms with van der Waals surface area (Å²) in [6, 6.07) is 0. The highest BCUT2D eigenvalue weighted by Crippen LogP contribution is 1.90. The summed E-state index contributed by atoms with van der Waals surface area (Å²) in [6.45, 7) is 5.51. The van der Waals surface area contributed by atoms with Gasteiger partial charge in [0.1, 0.15) is 5.21 Å². The molecule has 0 aliphatic heterocycles. The van der Waals surface area contributed by atoms with Crippen LogP contribution < -0.4 is 4.72 Å². The summed E-state index contributed by atoms with van der Waals surface area (Å²) in [5.74, 6) is 0. The zero-order valence-electron chi connectivity index (χ0n) is 5.72. The molecule has 0 unspecified atom stereocenters. The molecule has 0 atom stereocenters. The number of sulfonamides is 1. The van der Waals surface area contributed by atoms with E-state index in [0.29, 0.717) is 0 Å². The summed E-state index contributed by atoms with van der Waals surface area (Å²) >= 11 is 5.10. The Morgan fingerprint density at radius 1 is 1.70 bits per heavy atom. The van der Waals surface area contributed by atoms with E-state index in [1.165, 1.54) is 0 Å². The van der Waals surface area contributed by atoms with Crippen molar-refractivity contribution in [3.63, 3.8) is 0 Å². The Balaban J connectivity index is 3.81. The van der Waals surface area contributed by atoms with E-state index in [4.69, 9.17) is 11.6 Å². The second-order valence-corrected chi connectivity index (χ2v) is 4.39. The molecule has 10 heavy (non-hydrogen) atoms. The van der Waals surface area contributed by atoms with E-state index in [9.17, 15) is 8.42 Å². The van der Waals surface area contributed by atoms with Crippen LogP contribution in [0.3, 0.4) is 0 Å². The summed E-state index contributed by atoms with van der Waals surface area (Å²) in [4.78, 5) is 0. The number of hydrogen-bond acceptors (Lipinski definition) is 2. The molecular formula is C5H10ClNO2S. The van der Waals surface area contributed by atoms with Gasteiger partial charge >= 0.3 is 0 Å². The van der Waals surface area contributed by atoms with E-state index in [0.717, 1.165) is 5.57 Å². The second kappa shape index (κ2) is 3.95. The SMILES string of the molecule is C=C(C)CNS(=O)(=O)CCl. The van der Waals surface area contributed by atoms with E-state index in [-0.39, 0.29) is 6.54 Å². The van der Waals surface area contributed by atoms with Crippen molar-refractivity contribution in [2.45, 2.75) is 6.92 Å². The van der Waals surface area contributed by atoms with Crippen molar-refractivity contribution < 1.29 is 8.42 Å². The molecule has 0 fully saturated rings. The first-order valence-corrected chi connectivity index (χ1v) is 4.84. The van der Waals surface area contributed by atoms with Crippen LogP contribution in [0.1, 0.15) is 6.92 Å². The van der Waals surface area contributed by atoms with E-state index >= 15 is 0 Å². The molecule has 0 saturated heterocycles. The summed E-state index contributed by atoms with van der Waals surface area (Å²) < 4.78 is 23.5. The maximum Gasteiger partial charge on any atom is 0.225 e. The van der Waals surface area contributed by atoms with Gasteiger partial charge in [0.05, 0.1) is 0 Å². The Hall–Kier alpha value is -0.0600. The third-order valence-corrected chi connectivity index (χ3v) is 2.47. The Morgan fingerprint density at radius 3 is 2.50 bits per heavy atom. The van der Waals surface area contributed by atoms with Crippen molar-refractivity contribution in [3.8, 4) is 0 Å². The topological polar surface area (TPSA) is 46.2 Å². The van der Waals surface area contributed by atoms with Crippen LogP contribution in [-0.4, -0.2) is 20.2 Å². The minimum absolute atomic E-state index is 0.259. The zero-order chi connectivity index (χ0) is 8.20. The van der Waals surface area contributed by atoms with Gasteiger partial charge in [-0.25, -0.2) is 13.1 Å². The van der Waals surface area contributed by atoms with Gasteiger partial charge in [-0.2, -0.15) is 0 Å². The molecular weight excluding hydrogens is 174 g/mol. The standard InChI is InChI=1S/C5H10ClNO2S/c1-5(2)3-7-10(8,9)4-6/h7H,1,3-4H2,2H3. The molecule has 0 aromatic rings. The lowest BCUT2D eigenvalue weighted by Crippen LogP contribution is -2.25. The molecule has 0 rings (SSSR count). The number of nitrogens with one attached hydrogen (secondary N) is 1. The summed E-state index contributed by atoms with van der Waals surface area (Å²) in [5, 5.41) is -0.402. The fraction of sp³-hybridized carbons (Fsp3) is 0.600. The fourth-order valence-electron chi connectivity index (χ4n) is 0.272. The highest BCUT2D eigenvalue weighted by atomic mass is 35.5. The fourth-order valence-corrected chi connectivity index (χ4v) is 1.05. The molecule has 0 bridgehead atoms. The molecule has 0 aromatic heterocycles. The van der Waals surface area contributed by atoms with Crippen molar-refractivity contribution in [2.24, 2.45) is 0 Å². The highest BCUT2D eigenvalue weighted by Gasteiger charge is 2.05. The van der Waals surface area contributed by atoms with E-state index in [2.05, 4.69) is 11.3 Å². The molecule has 60 valence electrons. The van der Waals surface area contributed by atoms with Crippen LogP contribution in [0.4, 0.5) is 0 Å². The molecule has 0 aliphatic carbocycles. The molecule has 0 aliphatic rings. The van der Waals surface area contributed by atoms with Crippen LogP contribution in [0.5, 0.6) is 0 Å². The number of rotatable bonds is 4. The van der Waals surface area contributed by atoms with Crippen LogP contribution in [0, 0.1) is 0 Å². The second-order valence-electron chi connectivity index (χ2n) is 2.00.